The van der Waals surface area contributed by atoms with Gasteiger partial charge in [0.15, 0.2) is 0 Å². The van der Waals surface area contributed by atoms with Gasteiger partial charge in [0.25, 0.3) is 0 Å². The third-order valence-electron chi connectivity index (χ3n) is 2.52. The van der Waals surface area contributed by atoms with Crippen molar-refractivity contribution in [1.29, 1.82) is 0 Å². The van der Waals surface area contributed by atoms with E-state index in [2.05, 4.69) is 0 Å². The molecule has 0 aliphatic heterocycles. The number of carbonyl (C=O) groups is 1. The predicted molar refractivity (Wildman–Crippen MR) is 72.2 cm³/mol. The van der Waals surface area contributed by atoms with Crippen LogP contribution in [0.25, 0.3) is 0 Å². The predicted octanol–water partition coefficient (Wildman–Crippen LogP) is 3.71. The molecular formula is C13H14Cl2FNO. The number of rotatable bonds is 4. The molecule has 0 aromatic heterocycles. The van der Waals surface area contributed by atoms with Crippen LogP contribution in [-0.2, 0) is 4.79 Å². The number of nitrogens with zero attached hydrogens (tertiary/aromatic N) is 1. The maximum absolute atomic E-state index is 12.9. The summed E-state index contributed by atoms with van der Waals surface area (Å²) >= 11 is 11.3. The van der Waals surface area contributed by atoms with Gasteiger partial charge in [-0.25, -0.2) is 4.39 Å². The maximum atomic E-state index is 12.9. The fourth-order valence-corrected chi connectivity index (χ4v) is 1.81. The van der Waals surface area contributed by atoms with E-state index in [-0.39, 0.29) is 28.6 Å². The van der Waals surface area contributed by atoms with Gasteiger partial charge in [-0.3, -0.25) is 4.79 Å². The molecule has 98 valence electrons. The van der Waals surface area contributed by atoms with Crippen molar-refractivity contribution in [3.8, 4) is 0 Å². The number of amides is 1. The molecule has 1 amide bonds. The maximum Gasteiger partial charge on any atom is 0.222 e. The first kappa shape index (κ1) is 15.0. The molecule has 0 aliphatic carbocycles. The van der Waals surface area contributed by atoms with Crippen molar-refractivity contribution < 1.29 is 9.18 Å². The van der Waals surface area contributed by atoms with Gasteiger partial charge in [0.05, 0.1) is 0 Å². The number of allylic oxidation sites excluding steroid dienone is 1. The van der Waals surface area contributed by atoms with Crippen LogP contribution >= 0.6 is 23.2 Å². The Kier molecular flexibility index (Phi) is 5.63. The van der Waals surface area contributed by atoms with Crippen LogP contribution in [0.4, 0.5) is 4.39 Å². The molecule has 0 N–H and O–H groups in total. The molecule has 0 unspecified atom stereocenters. The van der Waals surface area contributed by atoms with E-state index in [1.165, 1.54) is 17.0 Å². The molecule has 0 bridgehead atoms. The molecule has 18 heavy (non-hydrogen) atoms. The quantitative estimate of drug-likeness (QED) is 0.828. The summed E-state index contributed by atoms with van der Waals surface area (Å²) in [6.45, 7) is 0. The Balaban J connectivity index is 2.95. The molecule has 1 aromatic rings. The van der Waals surface area contributed by atoms with E-state index in [1.807, 2.05) is 0 Å². The Morgan fingerprint density at radius 2 is 1.89 bits per heavy atom. The fraction of sp³-hybridized carbons (Fsp3) is 0.308. The molecule has 0 saturated heterocycles. The zero-order valence-electron chi connectivity index (χ0n) is 10.2. The van der Waals surface area contributed by atoms with Crippen molar-refractivity contribution in [2.45, 2.75) is 12.3 Å². The Bertz CT molecular complexity index is 439. The monoisotopic (exact) mass is 289 g/mol. The van der Waals surface area contributed by atoms with Crippen LogP contribution in [0.2, 0.25) is 0 Å². The molecule has 2 nitrogen and oxygen atoms in total. The van der Waals surface area contributed by atoms with Crippen LogP contribution in [0.1, 0.15) is 17.9 Å². The second-order valence-corrected chi connectivity index (χ2v) is 5.11. The molecule has 0 radical (unpaired) electrons. The molecule has 0 saturated carbocycles. The zero-order valence-corrected chi connectivity index (χ0v) is 11.7. The van der Waals surface area contributed by atoms with E-state index >= 15 is 0 Å². The van der Waals surface area contributed by atoms with Crippen LogP contribution < -0.4 is 0 Å². The second-order valence-electron chi connectivity index (χ2n) is 4.11. The first-order chi connectivity index (χ1) is 8.40. The van der Waals surface area contributed by atoms with E-state index in [1.54, 1.807) is 32.3 Å². The van der Waals surface area contributed by atoms with E-state index in [9.17, 15) is 9.18 Å². The summed E-state index contributed by atoms with van der Waals surface area (Å²) in [7, 11) is 3.35. The van der Waals surface area contributed by atoms with Crippen LogP contribution in [0.3, 0.4) is 0 Å². The van der Waals surface area contributed by atoms with E-state index in [0.29, 0.717) is 0 Å². The fourth-order valence-electron chi connectivity index (χ4n) is 1.51. The number of benzene rings is 1. The smallest absolute Gasteiger partial charge is 0.222 e. The van der Waals surface area contributed by atoms with Gasteiger partial charge in [0.2, 0.25) is 5.91 Å². The highest BCUT2D eigenvalue weighted by Crippen LogP contribution is 2.26. The average Bonchev–Trinajstić information content (AvgIpc) is 2.28. The molecule has 0 fully saturated rings. The summed E-state index contributed by atoms with van der Waals surface area (Å²) in [4.78, 5) is 13.2. The van der Waals surface area contributed by atoms with Crippen molar-refractivity contribution in [3.05, 3.63) is 46.2 Å². The first-order valence-corrected chi connectivity index (χ1v) is 6.14. The molecule has 0 heterocycles. The lowest BCUT2D eigenvalue weighted by molar-refractivity contribution is -0.128. The number of halogens is 3. The van der Waals surface area contributed by atoms with Gasteiger partial charge in [-0.15, -0.1) is 0 Å². The highest BCUT2D eigenvalue weighted by molar-refractivity contribution is 6.55. The third-order valence-corrected chi connectivity index (χ3v) is 2.77. The van der Waals surface area contributed by atoms with Crippen LogP contribution in [0.15, 0.2) is 34.8 Å². The van der Waals surface area contributed by atoms with Gasteiger partial charge < -0.3 is 4.90 Å². The SMILES string of the molecule is CN(C)C(=O)C[C@@H](C=C(Cl)Cl)c1ccc(F)cc1. The normalized spacial score (nSPS) is 11.8. The molecule has 0 spiro atoms. The number of hydrogen-bond acceptors (Lipinski definition) is 1. The molecule has 1 atom stereocenters. The molecule has 0 aliphatic rings. The Labute approximate surface area is 116 Å². The summed E-state index contributed by atoms with van der Waals surface area (Å²) in [5, 5.41) is 0. The molecule has 1 rings (SSSR count). The summed E-state index contributed by atoms with van der Waals surface area (Å²) < 4.78 is 13.0. The summed E-state index contributed by atoms with van der Waals surface area (Å²) in [6, 6.07) is 5.93. The largest absolute Gasteiger partial charge is 0.349 e. The zero-order chi connectivity index (χ0) is 13.7. The lowest BCUT2D eigenvalue weighted by atomic mass is 9.95. The van der Waals surface area contributed by atoms with Crippen molar-refractivity contribution in [2.24, 2.45) is 0 Å². The van der Waals surface area contributed by atoms with E-state index in [0.717, 1.165) is 5.56 Å². The standard InChI is InChI=1S/C13H14Cl2FNO/c1-17(2)13(18)8-10(7-12(14)15)9-3-5-11(16)6-4-9/h3-7,10H,8H2,1-2H3/t10-/m1/s1. The minimum Gasteiger partial charge on any atom is -0.349 e. The van der Waals surface area contributed by atoms with E-state index in [4.69, 9.17) is 23.2 Å². The van der Waals surface area contributed by atoms with Gasteiger partial charge in [-0.2, -0.15) is 0 Å². The third kappa shape index (κ3) is 4.67. The van der Waals surface area contributed by atoms with Crippen LogP contribution in [0.5, 0.6) is 0 Å². The van der Waals surface area contributed by atoms with Gasteiger partial charge >= 0.3 is 0 Å². The van der Waals surface area contributed by atoms with Gasteiger partial charge in [-0.05, 0) is 23.8 Å². The first-order valence-electron chi connectivity index (χ1n) is 5.38. The molecule has 5 heteroatoms. The number of carbonyl (C=O) groups excluding carboxylic acids is 1. The Hall–Kier alpha value is -1.06. The van der Waals surface area contributed by atoms with Gasteiger partial charge in [-0.1, -0.05) is 35.3 Å². The van der Waals surface area contributed by atoms with E-state index < -0.39 is 0 Å². The minimum atomic E-state index is -0.322. The van der Waals surface area contributed by atoms with Crippen LogP contribution in [-0.4, -0.2) is 24.9 Å². The Morgan fingerprint density at radius 1 is 1.33 bits per heavy atom. The summed E-state index contributed by atoms with van der Waals surface area (Å²) in [5.74, 6) is -0.627. The lowest BCUT2D eigenvalue weighted by Crippen LogP contribution is -2.23. The number of hydrogen-bond donors (Lipinski definition) is 0. The molecule has 1 aromatic carbocycles. The van der Waals surface area contributed by atoms with Crippen molar-refractivity contribution >= 4 is 29.1 Å². The van der Waals surface area contributed by atoms with Crippen molar-refractivity contribution in [2.75, 3.05) is 14.1 Å². The van der Waals surface area contributed by atoms with Gasteiger partial charge in [0, 0.05) is 26.4 Å². The highest BCUT2D eigenvalue weighted by atomic mass is 35.5. The van der Waals surface area contributed by atoms with Crippen LogP contribution in [0, 0.1) is 5.82 Å². The topological polar surface area (TPSA) is 20.3 Å². The highest BCUT2D eigenvalue weighted by Gasteiger charge is 2.15. The van der Waals surface area contributed by atoms with Gasteiger partial charge in [0.1, 0.15) is 10.3 Å². The lowest BCUT2D eigenvalue weighted by Gasteiger charge is -2.16. The average molecular weight is 290 g/mol. The van der Waals surface area contributed by atoms with Crippen molar-refractivity contribution in [3.63, 3.8) is 0 Å². The molecular weight excluding hydrogens is 276 g/mol. The summed E-state index contributed by atoms with van der Waals surface area (Å²) in [5.41, 5.74) is 0.797. The summed E-state index contributed by atoms with van der Waals surface area (Å²) in [6.07, 6.45) is 1.82. The minimum absolute atomic E-state index is 0.0461. The van der Waals surface area contributed by atoms with Crippen molar-refractivity contribution in [1.82, 2.24) is 4.90 Å². The Morgan fingerprint density at radius 3 is 2.33 bits per heavy atom. The second kappa shape index (κ2) is 6.76.